The van der Waals surface area contributed by atoms with Crippen LogP contribution >= 0.6 is 0 Å². The Morgan fingerprint density at radius 1 is 0.875 bits per heavy atom. The Kier molecular flexibility index (Phi) is 8.40. The molecule has 0 aliphatic carbocycles. The van der Waals surface area contributed by atoms with Crippen molar-refractivity contribution >= 4 is 11.8 Å². The van der Waals surface area contributed by atoms with Crippen LogP contribution in [-0.2, 0) is 29.0 Å². The van der Waals surface area contributed by atoms with Crippen LogP contribution in [0, 0.1) is 6.07 Å². The normalized spacial score (nSPS) is 12.5. The van der Waals surface area contributed by atoms with E-state index in [9.17, 15) is 14.7 Å². The predicted octanol–water partition coefficient (Wildman–Crippen LogP) is 2.50. The molecule has 0 aliphatic heterocycles. The number of hydrogen-bond acceptors (Lipinski definition) is 4. The van der Waals surface area contributed by atoms with Crippen molar-refractivity contribution in [3.63, 3.8) is 0 Å². The summed E-state index contributed by atoms with van der Waals surface area (Å²) in [6.07, 6.45) is 1.44. The minimum absolute atomic E-state index is 0.141. The van der Waals surface area contributed by atoms with Crippen LogP contribution in [0.1, 0.15) is 23.1 Å². The van der Waals surface area contributed by atoms with Gasteiger partial charge in [0.1, 0.15) is 11.8 Å². The molecular formula is C26H28N3O3. The first kappa shape index (κ1) is 23.0. The number of nitrogens with one attached hydrogen (secondary N) is 2. The van der Waals surface area contributed by atoms with Crippen molar-refractivity contribution < 1.29 is 14.7 Å². The first-order valence-electron chi connectivity index (χ1n) is 10.6. The lowest BCUT2D eigenvalue weighted by atomic mass is 10.0. The number of phenols is 1. The van der Waals surface area contributed by atoms with Gasteiger partial charge in [0, 0.05) is 13.0 Å². The van der Waals surface area contributed by atoms with E-state index in [0.29, 0.717) is 19.4 Å². The second-order valence-electron chi connectivity index (χ2n) is 7.69. The van der Waals surface area contributed by atoms with Gasteiger partial charge >= 0.3 is 0 Å². The van der Waals surface area contributed by atoms with E-state index in [1.165, 1.54) is 0 Å². The van der Waals surface area contributed by atoms with E-state index >= 15 is 0 Å². The molecule has 32 heavy (non-hydrogen) atoms. The van der Waals surface area contributed by atoms with E-state index in [1.807, 2.05) is 42.5 Å². The lowest BCUT2D eigenvalue weighted by Gasteiger charge is -2.21. The molecule has 0 aliphatic rings. The van der Waals surface area contributed by atoms with Gasteiger partial charge in [-0.15, -0.1) is 0 Å². The first-order valence-corrected chi connectivity index (χ1v) is 10.6. The number of amides is 2. The molecule has 0 saturated heterocycles. The zero-order valence-electron chi connectivity index (χ0n) is 17.8. The molecule has 2 atom stereocenters. The van der Waals surface area contributed by atoms with Crippen LogP contribution in [0.2, 0.25) is 0 Å². The smallest absolute Gasteiger partial charge is 0.243 e. The fraction of sp³-hybridized carbons (Fsp3) is 0.231. The minimum Gasteiger partial charge on any atom is -0.508 e. The van der Waals surface area contributed by atoms with Gasteiger partial charge in [-0.2, -0.15) is 0 Å². The van der Waals surface area contributed by atoms with Crippen molar-refractivity contribution in [3.8, 4) is 5.75 Å². The molecule has 6 heteroatoms. The third-order valence-electron chi connectivity index (χ3n) is 5.19. The molecule has 0 bridgehead atoms. The summed E-state index contributed by atoms with van der Waals surface area (Å²) in [4.78, 5) is 25.6. The summed E-state index contributed by atoms with van der Waals surface area (Å²) in [6.45, 7) is 0.343. The van der Waals surface area contributed by atoms with Crippen molar-refractivity contribution in [3.05, 3.63) is 102 Å². The summed E-state index contributed by atoms with van der Waals surface area (Å²) < 4.78 is 0. The molecule has 0 spiro atoms. The third-order valence-corrected chi connectivity index (χ3v) is 5.19. The molecule has 5 N–H and O–H groups in total. The highest BCUT2D eigenvalue weighted by atomic mass is 16.3. The molecule has 0 fully saturated rings. The summed E-state index contributed by atoms with van der Waals surface area (Å²) in [5, 5.41) is 15.2. The van der Waals surface area contributed by atoms with Crippen LogP contribution in [0.5, 0.6) is 5.75 Å². The number of carbonyl (C=O) groups is 2. The van der Waals surface area contributed by atoms with Gasteiger partial charge in [-0.3, -0.25) is 9.59 Å². The van der Waals surface area contributed by atoms with E-state index < -0.39 is 12.1 Å². The van der Waals surface area contributed by atoms with E-state index in [2.05, 4.69) is 16.7 Å². The van der Waals surface area contributed by atoms with Crippen LogP contribution in [0.25, 0.3) is 0 Å². The van der Waals surface area contributed by atoms with Crippen molar-refractivity contribution in [2.75, 3.05) is 0 Å². The summed E-state index contributed by atoms with van der Waals surface area (Å²) in [7, 11) is 0. The minimum atomic E-state index is -0.787. The number of hydrogen-bond donors (Lipinski definition) is 4. The number of phenolic OH excluding ortho intramolecular Hbond substituents is 1. The lowest BCUT2D eigenvalue weighted by Crippen LogP contribution is -2.52. The largest absolute Gasteiger partial charge is 0.508 e. The monoisotopic (exact) mass is 430 g/mol. The Balaban J connectivity index is 1.62. The Labute approximate surface area is 188 Å². The van der Waals surface area contributed by atoms with Gasteiger partial charge in [0.2, 0.25) is 11.8 Å². The molecule has 3 aromatic carbocycles. The Hall–Kier alpha value is -3.64. The van der Waals surface area contributed by atoms with E-state index in [-0.39, 0.29) is 24.0 Å². The Morgan fingerprint density at radius 2 is 1.56 bits per heavy atom. The van der Waals surface area contributed by atoms with Crippen LogP contribution in [0.4, 0.5) is 0 Å². The van der Waals surface area contributed by atoms with Crippen molar-refractivity contribution in [1.82, 2.24) is 10.6 Å². The molecule has 1 radical (unpaired) electrons. The van der Waals surface area contributed by atoms with Gasteiger partial charge in [0.05, 0.1) is 6.04 Å². The van der Waals surface area contributed by atoms with Crippen LogP contribution < -0.4 is 16.4 Å². The molecule has 2 amide bonds. The summed E-state index contributed by atoms with van der Waals surface area (Å²) in [6, 6.07) is 25.1. The Morgan fingerprint density at radius 3 is 2.25 bits per heavy atom. The predicted molar refractivity (Wildman–Crippen MR) is 124 cm³/mol. The van der Waals surface area contributed by atoms with Crippen molar-refractivity contribution in [1.29, 1.82) is 0 Å². The summed E-state index contributed by atoms with van der Waals surface area (Å²) >= 11 is 0. The summed E-state index contributed by atoms with van der Waals surface area (Å²) in [5.74, 6) is -0.522. The average molecular weight is 431 g/mol. The van der Waals surface area contributed by atoms with Gasteiger partial charge < -0.3 is 21.5 Å². The topological polar surface area (TPSA) is 104 Å². The maximum atomic E-state index is 12.9. The molecule has 0 unspecified atom stereocenters. The van der Waals surface area contributed by atoms with Crippen LogP contribution in [-0.4, -0.2) is 29.0 Å². The highest BCUT2D eigenvalue weighted by Crippen LogP contribution is 2.12. The van der Waals surface area contributed by atoms with Crippen LogP contribution in [0.15, 0.2) is 78.9 Å². The van der Waals surface area contributed by atoms with Crippen molar-refractivity contribution in [2.45, 2.75) is 37.9 Å². The van der Waals surface area contributed by atoms with Gasteiger partial charge in [-0.25, -0.2) is 0 Å². The van der Waals surface area contributed by atoms with E-state index in [4.69, 9.17) is 5.73 Å². The standard InChI is InChI=1S/C26H28N3O3/c27-23(16-13-19-7-3-1-4-8-19)25(31)29-24(17-20-11-14-22(30)15-12-20)26(32)28-18-21-9-5-2-6-10-21/h1,3-12,14-15,23-24,30H,13,16-18,27H2,(H,28,32)(H,29,31)/t23-,24+/m1/s1. The Bertz CT molecular complexity index is 992. The number of carbonyl (C=O) groups excluding carboxylic acids is 2. The molecule has 3 aromatic rings. The maximum Gasteiger partial charge on any atom is 0.243 e. The number of rotatable bonds is 10. The number of aryl methyl sites for hydroxylation is 1. The van der Waals surface area contributed by atoms with E-state index in [1.54, 1.807) is 36.4 Å². The number of benzene rings is 3. The highest BCUT2D eigenvalue weighted by molar-refractivity contribution is 5.89. The van der Waals surface area contributed by atoms with Gasteiger partial charge in [0.25, 0.3) is 0 Å². The van der Waals surface area contributed by atoms with Gasteiger partial charge in [0.15, 0.2) is 0 Å². The molecule has 6 nitrogen and oxygen atoms in total. The summed E-state index contributed by atoms with van der Waals surface area (Å²) in [5.41, 5.74) is 8.97. The molecule has 0 saturated carbocycles. The molecular weight excluding hydrogens is 402 g/mol. The SMILES string of the molecule is N[C@H](CCc1ccccc1)C(=O)N[C@@H](Cc1ccc(O)cc1)C(=O)NCc1cc[c]cc1. The second-order valence-corrected chi connectivity index (χ2v) is 7.69. The molecule has 0 aromatic heterocycles. The molecule has 0 heterocycles. The third kappa shape index (κ3) is 7.25. The molecule has 3 rings (SSSR count). The van der Waals surface area contributed by atoms with Gasteiger partial charge in [-0.1, -0.05) is 66.7 Å². The van der Waals surface area contributed by atoms with E-state index in [0.717, 1.165) is 16.7 Å². The number of nitrogens with two attached hydrogens (primary N) is 1. The quantitative estimate of drug-likeness (QED) is 0.397. The second kappa shape index (κ2) is 11.7. The zero-order valence-corrected chi connectivity index (χ0v) is 17.8. The van der Waals surface area contributed by atoms with Crippen molar-refractivity contribution in [2.24, 2.45) is 5.73 Å². The fourth-order valence-electron chi connectivity index (χ4n) is 3.31. The van der Waals surface area contributed by atoms with Gasteiger partial charge in [-0.05, 0) is 47.7 Å². The average Bonchev–Trinajstić information content (AvgIpc) is 2.83. The lowest BCUT2D eigenvalue weighted by molar-refractivity contribution is -0.129. The molecule has 165 valence electrons. The number of aromatic hydroxyl groups is 1. The maximum absolute atomic E-state index is 12.9. The zero-order chi connectivity index (χ0) is 22.8. The highest BCUT2D eigenvalue weighted by Gasteiger charge is 2.24. The first-order chi connectivity index (χ1) is 15.5. The van der Waals surface area contributed by atoms with Crippen LogP contribution in [0.3, 0.4) is 0 Å². The fourth-order valence-corrected chi connectivity index (χ4v) is 3.31.